The molecule has 1 aromatic heterocycles. The molecule has 0 radical (unpaired) electrons. The molecule has 3 heterocycles. The standard InChI is InChI=1S/C21H22N4O3S/c1-15-3-2-4-17(11-15)25-20(24-7-9-26-10-8-24)22-23-21(25)29-13-16-5-6-18-19(12-16)28-14-27-18/h2-6,11-12H,7-10,13-14H2,1H3. The van der Waals surface area contributed by atoms with Gasteiger partial charge in [-0.05, 0) is 42.3 Å². The summed E-state index contributed by atoms with van der Waals surface area (Å²) in [6.45, 7) is 5.44. The highest BCUT2D eigenvalue weighted by Gasteiger charge is 2.22. The molecule has 3 aromatic rings. The van der Waals surface area contributed by atoms with E-state index in [0.717, 1.165) is 52.7 Å². The number of morpholine rings is 1. The number of aromatic nitrogens is 3. The van der Waals surface area contributed by atoms with Crippen LogP contribution in [0.5, 0.6) is 11.5 Å². The van der Waals surface area contributed by atoms with Crippen LogP contribution in [0.25, 0.3) is 5.69 Å². The van der Waals surface area contributed by atoms with Crippen molar-refractivity contribution >= 4 is 17.7 Å². The Kier molecular flexibility index (Phi) is 5.03. The number of nitrogens with zero attached hydrogens (tertiary/aromatic N) is 4. The molecule has 2 aromatic carbocycles. The van der Waals surface area contributed by atoms with Gasteiger partial charge in [0, 0.05) is 18.8 Å². The zero-order valence-corrected chi connectivity index (χ0v) is 17.0. The molecule has 8 heteroatoms. The second kappa shape index (κ2) is 7.96. The van der Waals surface area contributed by atoms with Crippen LogP contribution in [0.15, 0.2) is 47.6 Å². The second-order valence-electron chi connectivity index (χ2n) is 7.03. The molecule has 5 rings (SSSR count). The Balaban J connectivity index is 1.45. The van der Waals surface area contributed by atoms with E-state index in [0.29, 0.717) is 13.2 Å². The highest BCUT2D eigenvalue weighted by atomic mass is 32.2. The number of hydrogen-bond acceptors (Lipinski definition) is 7. The molecule has 0 saturated carbocycles. The molecule has 150 valence electrons. The van der Waals surface area contributed by atoms with Crippen molar-refractivity contribution in [2.24, 2.45) is 0 Å². The number of fused-ring (bicyclic) bond motifs is 1. The van der Waals surface area contributed by atoms with E-state index in [1.54, 1.807) is 11.8 Å². The number of rotatable bonds is 5. The SMILES string of the molecule is Cc1cccc(-n2c(SCc3ccc4c(c3)OCO4)nnc2N2CCOCC2)c1. The Labute approximate surface area is 173 Å². The normalized spacial score (nSPS) is 15.7. The third kappa shape index (κ3) is 3.77. The van der Waals surface area contributed by atoms with Crippen molar-refractivity contribution < 1.29 is 14.2 Å². The van der Waals surface area contributed by atoms with Gasteiger partial charge in [0.15, 0.2) is 16.7 Å². The maximum absolute atomic E-state index is 5.51. The van der Waals surface area contributed by atoms with Crippen molar-refractivity contribution in [1.82, 2.24) is 14.8 Å². The lowest BCUT2D eigenvalue weighted by Crippen LogP contribution is -2.37. The van der Waals surface area contributed by atoms with Crippen LogP contribution >= 0.6 is 11.8 Å². The Morgan fingerprint density at radius 2 is 1.86 bits per heavy atom. The summed E-state index contributed by atoms with van der Waals surface area (Å²) in [5.74, 6) is 3.24. The van der Waals surface area contributed by atoms with Gasteiger partial charge in [-0.3, -0.25) is 4.57 Å². The Morgan fingerprint density at radius 3 is 2.72 bits per heavy atom. The average Bonchev–Trinajstić information content (AvgIpc) is 3.39. The molecule has 0 bridgehead atoms. The molecule has 2 aliphatic heterocycles. The lowest BCUT2D eigenvalue weighted by molar-refractivity contribution is 0.122. The molecule has 7 nitrogen and oxygen atoms in total. The molecule has 1 fully saturated rings. The molecule has 0 atom stereocenters. The van der Waals surface area contributed by atoms with E-state index in [1.165, 1.54) is 5.56 Å². The average molecular weight is 410 g/mol. The second-order valence-corrected chi connectivity index (χ2v) is 7.98. The number of anilines is 1. The Hall–Kier alpha value is -2.71. The fraction of sp³-hybridized carbons (Fsp3) is 0.333. The van der Waals surface area contributed by atoms with Crippen LogP contribution in [0.3, 0.4) is 0 Å². The van der Waals surface area contributed by atoms with Crippen molar-refractivity contribution in [3.8, 4) is 17.2 Å². The summed E-state index contributed by atoms with van der Waals surface area (Å²) in [7, 11) is 0. The molecular weight excluding hydrogens is 388 g/mol. The summed E-state index contributed by atoms with van der Waals surface area (Å²) in [6, 6.07) is 14.5. The number of hydrogen-bond donors (Lipinski definition) is 0. The molecular formula is C21H22N4O3S. The monoisotopic (exact) mass is 410 g/mol. The molecule has 0 unspecified atom stereocenters. The minimum atomic E-state index is 0.288. The smallest absolute Gasteiger partial charge is 0.232 e. The van der Waals surface area contributed by atoms with Gasteiger partial charge in [-0.25, -0.2) is 0 Å². The topological polar surface area (TPSA) is 61.6 Å². The summed E-state index contributed by atoms with van der Waals surface area (Å²) in [4.78, 5) is 2.24. The maximum Gasteiger partial charge on any atom is 0.232 e. The van der Waals surface area contributed by atoms with Crippen LogP contribution in [-0.4, -0.2) is 47.9 Å². The molecule has 2 aliphatic rings. The highest BCUT2D eigenvalue weighted by molar-refractivity contribution is 7.98. The van der Waals surface area contributed by atoms with Crippen LogP contribution in [0.4, 0.5) is 5.95 Å². The van der Waals surface area contributed by atoms with Gasteiger partial charge in [-0.1, -0.05) is 30.0 Å². The summed E-state index contributed by atoms with van der Waals surface area (Å²) >= 11 is 1.67. The summed E-state index contributed by atoms with van der Waals surface area (Å²) in [5.41, 5.74) is 3.44. The predicted octanol–water partition coefficient (Wildman–Crippen LogP) is 3.43. The first-order valence-electron chi connectivity index (χ1n) is 9.64. The largest absolute Gasteiger partial charge is 0.454 e. The maximum atomic E-state index is 5.51. The predicted molar refractivity (Wildman–Crippen MR) is 111 cm³/mol. The van der Waals surface area contributed by atoms with Crippen LogP contribution in [0.2, 0.25) is 0 Å². The molecule has 29 heavy (non-hydrogen) atoms. The van der Waals surface area contributed by atoms with E-state index in [9.17, 15) is 0 Å². The van der Waals surface area contributed by atoms with E-state index in [-0.39, 0.29) is 6.79 Å². The zero-order chi connectivity index (χ0) is 19.6. The number of ether oxygens (including phenoxy) is 3. The van der Waals surface area contributed by atoms with E-state index >= 15 is 0 Å². The molecule has 0 amide bonds. The molecule has 0 spiro atoms. The van der Waals surface area contributed by atoms with Gasteiger partial charge in [0.1, 0.15) is 0 Å². The summed E-state index contributed by atoms with van der Waals surface area (Å²) in [5, 5.41) is 9.93. The van der Waals surface area contributed by atoms with Crippen LogP contribution in [-0.2, 0) is 10.5 Å². The lowest BCUT2D eigenvalue weighted by Gasteiger charge is -2.28. The van der Waals surface area contributed by atoms with Gasteiger partial charge < -0.3 is 19.1 Å². The lowest BCUT2D eigenvalue weighted by atomic mass is 10.2. The van der Waals surface area contributed by atoms with E-state index in [2.05, 4.69) is 56.9 Å². The number of thioether (sulfide) groups is 1. The quantitative estimate of drug-likeness (QED) is 0.597. The number of aryl methyl sites for hydroxylation is 1. The summed E-state index contributed by atoms with van der Waals surface area (Å²) < 4.78 is 18.6. The highest BCUT2D eigenvalue weighted by Crippen LogP contribution is 2.35. The van der Waals surface area contributed by atoms with Crippen LogP contribution in [0.1, 0.15) is 11.1 Å². The zero-order valence-electron chi connectivity index (χ0n) is 16.2. The first-order chi connectivity index (χ1) is 14.3. The van der Waals surface area contributed by atoms with Crippen molar-refractivity contribution in [2.75, 3.05) is 38.0 Å². The minimum absolute atomic E-state index is 0.288. The fourth-order valence-corrected chi connectivity index (χ4v) is 4.39. The first kappa shape index (κ1) is 18.3. The van der Waals surface area contributed by atoms with Crippen molar-refractivity contribution in [3.63, 3.8) is 0 Å². The first-order valence-corrected chi connectivity index (χ1v) is 10.6. The van der Waals surface area contributed by atoms with E-state index in [1.807, 2.05) is 12.1 Å². The van der Waals surface area contributed by atoms with Crippen molar-refractivity contribution in [2.45, 2.75) is 17.8 Å². The van der Waals surface area contributed by atoms with Gasteiger partial charge in [0.2, 0.25) is 12.7 Å². The third-order valence-corrected chi connectivity index (χ3v) is 5.98. The Morgan fingerprint density at radius 1 is 1.00 bits per heavy atom. The summed E-state index contributed by atoms with van der Waals surface area (Å²) in [6.07, 6.45) is 0. The van der Waals surface area contributed by atoms with E-state index < -0.39 is 0 Å². The van der Waals surface area contributed by atoms with Crippen molar-refractivity contribution in [1.29, 1.82) is 0 Å². The van der Waals surface area contributed by atoms with E-state index in [4.69, 9.17) is 14.2 Å². The fourth-order valence-electron chi connectivity index (χ4n) is 3.50. The Bertz CT molecular complexity index is 1020. The van der Waals surface area contributed by atoms with Crippen LogP contribution in [0, 0.1) is 6.92 Å². The van der Waals surface area contributed by atoms with Gasteiger partial charge in [0.25, 0.3) is 0 Å². The number of benzene rings is 2. The molecule has 1 saturated heterocycles. The van der Waals surface area contributed by atoms with Crippen molar-refractivity contribution in [3.05, 3.63) is 53.6 Å². The molecule has 0 N–H and O–H groups in total. The third-order valence-electron chi connectivity index (χ3n) is 4.97. The van der Waals surface area contributed by atoms with Gasteiger partial charge in [-0.2, -0.15) is 0 Å². The van der Waals surface area contributed by atoms with Gasteiger partial charge in [0.05, 0.1) is 18.9 Å². The minimum Gasteiger partial charge on any atom is -0.454 e. The van der Waals surface area contributed by atoms with Gasteiger partial charge >= 0.3 is 0 Å². The van der Waals surface area contributed by atoms with Gasteiger partial charge in [-0.15, -0.1) is 10.2 Å². The van der Waals surface area contributed by atoms with Crippen LogP contribution < -0.4 is 14.4 Å². The molecule has 0 aliphatic carbocycles.